The van der Waals surface area contributed by atoms with Crippen LogP contribution in [0.2, 0.25) is 0 Å². The highest BCUT2D eigenvalue weighted by molar-refractivity contribution is 9.10. The summed E-state index contributed by atoms with van der Waals surface area (Å²) in [6.07, 6.45) is 0.921. The van der Waals surface area contributed by atoms with Crippen LogP contribution < -0.4 is 0 Å². The summed E-state index contributed by atoms with van der Waals surface area (Å²) in [4.78, 5) is 10.9. The first-order valence-electron chi connectivity index (χ1n) is 4.35. The maximum atomic E-state index is 10.9. The monoisotopic (exact) mass is 251 g/mol. The predicted molar refractivity (Wildman–Crippen MR) is 60.7 cm³/mol. The van der Waals surface area contributed by atoms with Crippen LogP contribution in [0.4, 0.5) is 0 Å². The molecule has 14 heavy (non-hydrogen) atoms. The Morgan fingerprint density at radius 2 is 2.14 bits per heavy atom. The van der Waals surface area contributed by atoms with Gasteiger partial charge in [-0.25, -0.2) is 0 Å². The first kappa shape index (κ1) is 9.46. The zero-order valence-corrected chi connectivity index (χ0v) is 9.63. The lowest BCUT2D eigenvalue weighted by Gasteiger charge is -1.99. The number of aryl methyl sites for hydroxylation is 1. The van der Waals surface area contributed by atoms with Crippen LogP contribution in [-0.4, -0.2) is 10.9 Å². The summed E-state index contributed by atoms with van der Waals surface area (Å²) in [7, 11) is 1.97. The molecule has 3 heteroatoms. The Morgan fingerprint density at radius 3 is 2.79 bits per heavy atom. The molecule has 0 unspecified atom stereocenters. The molecule has 0 saturated heterocycles. The number of para-hydroxylation sites is 1. The summed E-state index contributed by atoms with van der Waals surface area (Å²) >= 11 is 3.49. The van der Waals surface area contributed by atoms with E-state index in [-0.39, 0.29) is 0 Å². The Bertz CT molecular complexity index is 513. The molecule has 1 aromatic heterocycles. The summed E-state index contributed by atoms with van der Waals surface area (Å²) in [5.41, 5.74) is 2.86. The highest BCUT2D eigenvalue weighted by Crippen LogP contribution is 2.29. The number of hydrogen-bond acceptors (Lipinski definition) is 1. The molecule has 0 saturated carbocycles. The first-order chi connectivity index (χ1) is 6.66. The summed E-state index contributed by atoms with van der Waals surface area (Å²) in [5.74, 6) is 0. The van der Waals surface area contributed by atoms with Gasteiger partial charge in [-0.1, -0.05) is 12.1 Å². The zero-order chi connectivity index (χ0) is 10.3. The molecule has 2 nitrogen and oxygen atoms in total. The van der Waals surface area contributed by atoms with E-state index in [1.54, 1.807) is 0 Å². The molecular formula is C11H10BrNO. The quantitative estimate of drug-likeness (QED) is 0.715. The third-order valence-electron chi connectivity index (χ3n) is 2.62. The minimum absolute atomic E-state index is 0.781. The Morgan fingerprint density at radius 1 is 1.43 bits per heavy atom. The van der Waals surface area contributed by atoms with E-state index in [1.807, 2.05) is 36.7 Å². The Hall–Kier alpha value is -1.09. The van der Waals surface area contributed by atoms with Crippen LogP contribution in [0.1, 0.15) is 16.1 Å². The normalized spacial score (nSPS) is 10.8. The molecule has 0 radical (unpaired) electrons. The van der Waals surface area contributed by atoms with Crippen molar-refractivity contribution in [2.75, 3.05) is 0 Å². The van der Waals surface area contributed by atoms with Gasteiger partial charge >= 0.3 is 0 Å². The molecule has 0 aliphatic heterocycles. The maximum absolute atomic E-state index is 10.9. The lowest BCUT2D eigenvalue weighted by Crippen LogP contribution is -1.91. The van der Waals surface area contributed by atoms with Gasteiger partial charge in [0.05, 0.1) is 5.52 Å². The van der Waals surface area contributed by atoms with Crippen molar-refractivity contribution in [1.29, 1.82) is 0 Å². The van der Waals surface area contributed by atoms with E-state index in [4.69, 9.17) is 0 Å². The highest BCUT2D eigenvalue weighted by atomic mass is 79.9. The van der Waals surface area contributed by atoms with Crippen molar-refractivity contribution >= 4 is 33.1 Å². The lowest BCUT2D eigenvalue weighted by atomic mass is 10.1. The van der Waals surface area contributed by atoms with E-state index >= 15 is 0 Å². The van der Waals surface area contributed by atoms with Crippen molar-refractivity contribution in [3.05, 3.63) is 33.9 Å². The van der Waals surface area contributed by atoms with Gasteiger partial charge in [0.25, 0.3) is 0 Å². The molecule has 0 N–H and O–H groups in total. The van der Waals surface area contributed by atoms with Gasteiger partial charge in [-0.15, -0.1) is 0 Å². The fourth-order valence-corrected chi connectivity index (χ4v) is 2.40. The van der Waals surface area contributed by atoms with E-state index in [0.717, 1.165) is 32.9 Å². The van der Waals surface area contributed by atoms with E-state index in [0.29, 0.717) is 0 Å². The summed E-state index contributed by atoms with van der Waals surface area (Å²) in [6, 6.07) is 5.89. The van der Waals surface area contributed by atoms with Crippen molar-refractivity contribution in [2.24, 2.45) is 7.05 Å². The summed E-state index contributed by atoms with van der Waals surface area (Å²) in [6.45, 7) is 1.95. The molecule has 0 aliphatic carbocycles. The SMILES string of the molecule is Cc1c(C=O)c2cccc(Br)c2n1C. The number of aldehydes is 1. The molecule has 0 aliphatic rings. The second-order valence-corrected chi connectivity index (χ2v) is 4.17. The number of nitrogens with zero attached hydrogens (tertiary/aromatic N) is 1. The fourth-order valence-electron chi connectivity index (χ4n) is 1.77. The Balaban J connectivity index is 3.02. The van der Waals surface area contributed by atoms with Crippen LogP contribution in [-0.2, 0) is 7.05 Å². The van der Waals surface area contributed by atoms with Gasteiger partial charge in [-0.3, -0.25) is 4.79 Å². The zero-order valence-electron chi connectivity index (χ0n) is 8.04. The number of rotatable bonds is 1. The predicted octanol–water partition coefficient (Wildman–Crippen LogP) is 3.06. The molecule has 2 rings (SSSR count). The van der Waals surface area contributed by atoms with Crippen molar-refractivity contribution in [3.63, 3.8) is 0 Å². The van der Waals surface area contributed by atoms with Gasteiger partial charge in [0.1, 0.15) is 0 Å². The molecule has 1 aromatic carbocycles. The standard InChI is InChI=1S/C11H10BrNO/c1-7-9(6-14)8-4-3-5-10(12)11(8)13(7)2/h3-6H,1-2H3. The van der Waals surface area contributed by atoms with Gasteiger partial charge in [-0.05, 0) is 28.9 Å². The Kier molecular flexibility index (Phi) is 2.19. The summed E-state index contributed by atoms with van der Waals surface area (Å²) < 4.78 is 3.05. The Labute approximate surface area is 90.7 Å². The molecule has 0 spiro atoms. The average molecular weight is 252 g/mol. The van der Waals surface area contributed by atoms with Gasteiger partial charge < -0.3 is 4.57 Å². The molecular weight excluding hydrogens is 242 g/mol. The smallest absolute Gasteiger partial charge is 0.152 e. The lowest BCUT2D eigenvalue weighted by molar-refractivity contribution is 0.112. The number of benzene rings is 1. The van der Waals surface area contributed by atoms with Crippen LogP contribution in [0.3, 0.4) is 0 Å². The van der Waals surface area contributed by atoms with Crippen molar-refractivity contribution in [1.82, 2.24) is 4.57 Å². The third kappa shape index (κ3) is 1.12. The minimum Gasteiger partial charge on any atom is -0.346 e. The van der Waals surface area contributed by atoms with Gasteiger partial charge in [0, 0.05) is 28.2 Å². The largest absolute Gasteiger partial charge is 0.346 e. The van der Waals surface area contributed by atoms with Gasteiger partial charge in [-0.2, -0.15) is 0 Å². The number of aromatic nitrogens is 1. The van der Waals surface area contributed by atoms with E-state index < -0.39 is 0 Å². The topological polar surface area (TPSA) is 22.0 Å². The molecule has 0 amide bonds. The van der Waals surface area contributed by atoms with Crippen LogP contribution in [0.15, 0.2) is 22.7 Å². The number of carbonyl (C=O) groups is 1. The highest BCUT2D eigenvalue weighted by Gasteiger charge is 2.12. The number of carbonyl (C=O) groups excluding carboxylic acids is 1. The van der Waals surface area contributed by atoms with Crippen molar-refractivity contribution in [3.8, 4) is 0 Å². The minimum atomic E-state index is 0.781. The molecule has 0 bridgehead atoms. The number of hydrogen-bond donors (Lipinski definition) is 0. The molecule has 72 valence electrons. The molecule has 1 heterocycles. The van der Waals surface area contributed by atoms with Crippen LogP contribution in [0, 0.1) is 6.92 Å². The molecule has 0 atom stereocenters. The maximum Gasteiger partial charge on any atom is 0.152 e. The van der Waals surface area contributed by atoms with E-state index in [1.165, 1.54) is 0 Å². The van der Waals surface area contributed by atoms with Crippen molar-refractivity contribution < 1.29 is 4.79 Å². The first-order valence-corrected chi connectivity index (χ1v) is 5.14. The second kappa shape index (κ2) is 3.24. The number of halogens is 1. The molecule has 2 aromatic rings. The number of fused-ring (bicyclic) bond motifs is 1. The third-order valence-corrected chi connectivity index (χ3v) is 3.26. The average Bonchev–Trinajstić information content (AvgIpc) is 2.41. The summed E-state index contributed by atoms with van der Waals surface area (Å²) in [5, 5.41) is 1.01. The van der Waals surface area contributed by atoms with Gasteiger partial charge in [0.2, 0.25) is 0 Å². The van der Waals surface area contributed by atoms with Crippen LogP contribution >= 0.6 is 15.9 Å². The van der Waals surface area contributed by atoms with E-state index in [9.17, 15) is 4.79 Å². The van der Waals surface area contributed by atoms with Crippen LogP contribution in [0.25, 0.3) is 10.9 Å². The second-order valence-electron chi connectivity index (χ2n) is 3.31. The fraction of sp³-hybridized carbons (Fsp3) is 0.182. The van der Waals surface area contributed by atoms with Gasteiger partial charge in [0.15, 0.2) is 6.29 Å². The molecule has 0 fully saturated rings. The van der Waals surface area contributed by atoms with Crippen molar-refractivity contribution in [2.45, 2.75) is 6.92 Å². The van der Waals surface area contributed by atoms with E-state index in [2.05, 4.69) is 15.9 Å². The van der Waals surface area contributed by atoms with Crippen LogP contribution in [0.5, 0.6) is 0 Å².